The van der Waals surface area contributed by atoms with Gasteiger partial charge in [-0.2, -0.15) is 0 Å². The summed E-state index contributed by atoms with van der Waals surface area (Å²) < 4.78 is 15.9. The van der Waals surface area contributed by atoms with E-state index in [1.165, 1.54) is 0 Å². The van der Waals surface area contributed by atoms with Crippen LogP contribution in [0.3, 0.4) is 0 Å². The Kier molecular flexibility index (Phi) is 11.0. The van der Waals surface area contributed by atoms with Crippen molar-refractivity contribution in [2.45, 2.75) is 97.6 Å². The van der Waals surface area contributed by atoms with Gasteiger partial charge < -0.3 is 24.8 Å². The fourth-order valence-corrected chi connectivity index (χ4v) is 2.77. The normalized spacial score (nSPS) is 13.3. The Morgan fingerprint density at radius 2 is 1.35 bits per heavy atom. The van der Waals surface area contributed by atoms with E-state index in [9.17, 15) is 19.2 Å². The van der Waals surface area contributed by atoms with Crippen molar-refractivity contribution >= 4 is 23.9 Å². The Balaban J connectivity index is 2.73. The van der Waals surface area contributed by atoms with Crippen LogP contribution in [0.2, 0.25) is 0 Å². The van der Waals surface area contributed by atoms with Crippen molar-refractivity contribution in [3.63, 3.8) is 0 Å². The summed E-state index contributed by atoms with van der Waals surface area (Å²) in [5, 5.41) is 5.10. The number of carbonyl (C=O) groups is 4. The average molecular weight is 479 g/mol. The first-order valence-corrected chi connectivity index (χ1v) is 11.4. The maximum atomic E-state index is 12.6. The van der Waals surface area contributed by atoms with E-state index >= 15 is 0 Å². The summed E-state index contributed by atoms with van der Waals surface area (Å²) in [5.41, 5.74) is -0.670. The number of carbonyl (C=O) groups excluding carboxylic acids is 4. The van der Waals surface area contributed by atoms with Gasteiger partial charge >= 0.3 is 18.0 Å². The molecule has 9 heteroatoms. The van der Waals surface area contributed by atoms with Gasteiger partial charge in [-0.05, 0) is 59.9 Å². The van der Waals surface area contributed by atoms with Crippen molar-refractivity contribution in [3.8, 4) is 0 Å². The fourth-order valence-electron chi connectivity index (χ4n) is 2.77. The van der Waals surface area contributed by atoms with E-state index in [1.54, 1.807) is 60.6 Å². The Morgan fingerprint density at radius 3 is 1.85 bits per heavy atom. The zero-order chi connectivity index (χ0) is 25.9. The zero-order valence-corrected chi connectivity index (χ0v) is 21.2. The molecule has 1 aromatic carbocycles. The van der Waals surface area contributed by atoms with Crippen LogP contribution in [0, 0.1) is 0 Å². The lowest BCUT2D eigenvalue weighted by molar-refractivity contribution is -0.159. The molecule has 2 atom stereocenters. The highest BCUT2D eigenvalue weighted by molar-refractivity contribution is 5.86. The van der Waals surface area contributed by atoms with Crippen LogP contribution in [0.1, 0.15) is 73.3 Å². The lowest BCUT2D eigenvalue weighted by Gasteiger charge is -2.25. The molecule has 0 aromatic heterocycles. The van der Waals surface area contributed by atoms with Crippen LogP contribution in [-0.4, -0.2) is 47.2 Å². The molecule has 1 aromatic rings. The van der Waals surface area contributed by atoms with E-state index in [4.69, 9.17) is 14.2 Å². The molecule has 0 radical (unpaired) electrons. The minimum Gasteiger partial charge on any atom is -0.458 e. The molecule has 0 unspecified atom stereocenters. The van der Waals surface area contributed by atoms with Crippen molar-refractivity contribution in [3.05, 3.63) is 35.9 Å². The topological polar surface area (TPSA) is 120 Å². The van der Waals surface area contributed by atoms with Crippen LogP contribution < -0.4 is 10.6 Å². The summed E-state index contributed by atoms with van der Waals surface area (Å²) >= 11 is 0. The van der Waals surface area contributed by atoms with Crippen LogP contribution in [0.15, 0.2) is 30.3 Å². The molecule has 2 amide bonds. The molecule has 0 heterocycles. The highest BCUT2D eigenvalue weighted by atomic mass is 16.6. The van der Waals surface area contributed by atoms with Gasteiger partial charge in [-0.1, -0.05) is 37.3 Å². The smallest absolute Gasteiger partial charge is 0.408 e. The van der Waals surface area contributed by atoms with Gasteiger partial charge in [-0.25, -0.2) is 14.4 Å². The molecule has 1 rings (SSSR count). The minimum atomic E-state index is -1.10. The quantitative estimate of drug-likeness (QED) is 0.389. The molecule has 34 heavy (non-hydrogen) atoms. The highest BCUT2D eigenvalue weighted by Gasteiger charge is 2.29. The maximum Gasteiger partial charge on any atom is 0.408 e. The first-order valence-electron chi connectivity index (χ1n) is 11.4. The van der Waals surface area contributed by atoms with Gasteiger partial charge in [0.15, 0.2) is 0 Å². The average Bonchev–Trinajstić information content (AvgIpc) is 2.71. The molecule has 190 valence electrons. The van der Waals surface area contributed by atoms with Crippen molar-refractivity contribution in [2.24, 2.45) is 0 Å². The third-order valence-corrected chi connectivity index (χ3v) is 4.29. The van der Waals surface area contributed by atoms with Gasteiger partial charge in [0.25, 0.3) is 0 Å². The Morgan fingerprint density at radius 1 is 0.824 bits per heavy atom. The van der Waals surface area contributed by atoms with E-state index in [0.717, 1.165) is 5.56 Å². The molecule has 0 aliphatic heterocycles. The molecule has 0 saturated heterocycles. The molecule has 0 spiro atoms. The third-order valence-electron chi connectivity index (χ3n) is 4.29. The highest BCUT2D eigenvalue weighted by Crippen LogP contribution is 2.13. The first kappa shape index (κ1) is 28.9. The number of amides is 2. The number of benzene rings is 1. The van der Waals surface area contributed by atoms with Crippen LogP contribution in [-0.2, 0) is 35.2 Å². The van der Waals surface area contributed by atoms with E-state index < -0.39 is 47.2 Å². The van der Waals surface area contributed by atoms with E-state index in [2.05, 4.69) is 10.6 Å². The fraction of sp³-hybridized carbons (Fsp3) is 0.600. The molecular formula is C25H38N2O7. The van der Waals surface area contributed by atoms with Crippen molar-refractivity contribution in [2.75, 3.05) is 0 Å². The molecule has 0 bridgehead atoms. The van der Waals surface area contributed by atoms with E-state index in [1.807, 2.05) is 18.2 Å². The molecule has 0 saturated carbocycles. The standard InChI is InChI=1S/C25H38N2O7/c1-8-18(21(29)33-24(2,3)4)26-20(28)15-14-19(22(30)34-25(5,6)7)27-23(31)32-16-17-12-10-9-11-13-17/h9-13,18-19H,8,14-16H2,1-7H3,(H,26,28)(H,27,31)/t18-,19-/m0/s1. The maximum absolute atomic E-state index is 12.6. The summed E-state index contributed by atoms with van der Waals surface area (Å²) in [5.74, 6) is -1.67. The van der Waals surface area contributed by atoms with Gasteiger partial charge in [0.1, 0.15) is 29.9 Å². The number of nitrogens with one attached hydrogen (secondary N) is 2. The largest absolute Gasteiger partial charge is 0.458 e. The summed E-state index contributed by atoms with van der Waals surface area (Å²) in [6, 6.07) is 7.18. The van der Waals surface area contributed by atoms with Gasteiger partial charge in [0, 0.05) is 6.42 Å². The van der Waals surface area contributed by atoms with Crippen molar-refractivity contribution in [1.82, 2.24) is 10.6 Å². The number of alkyl carbamates (subject to hydrolysis) is 1. The molecule has 0 fully saturated rings. The van der Waals surface area contributed by atoms with E-state index in [-0.39, 0.29) is 19.4 Å². The van der Waals surface area contributed by atoms with Crippen molar-refractivity contribution in [1.29, 1.82) is 0 Å². The number of hydrogen-bond donors (Lipinski definition) is 2. The lowest BCUT2D eigenvalue weighted by Crippen LogP contribution is -2.46. The van der Waals surface area contributed by atoms with Crippen molar-refractivity contribution < 1.29 is 33.4 Å². The molecule has 9 nitrogen and oxygen atoms in total. The predicted octanol–water partition coefficient (Wildman–Crippen LogP) is 3.64. The van der Waals surface area contributed by atoms with E-state index in [0.29, 0.717) is 6.42 Å². The van der Waals surface area contributed by atoms with Gasteiger partial charge in [0.2, 0.25) is 5.91 Å². The van der Waals surface area contributed by atoms with Crippen LogP contribution in [0.5, 0.6) is 0 Å². The second-order valence-corrected chi connectivity index (χ2v) is 9.89. The SMILES string of the molecule is CC[C@H](NC(=O)CC[C@H](NC(=O)OCc1ccccc1)C(=O)OC(C)(C)C)C(=O)OC(C)(C)C. The predicted molar refractivity (Wildman–Crippen MR) is 127 cm³/mol. The van der Waals surface area contributed by atoms with Crippen LogP contribution in [0.4, 0.5) is 4.79 Å². The third kappa shape index (κ3) is 12.2. The van der Waals surface area contributed by atoms with Gasteiger partial charge in [-0.15, -0.1) is 0 Å². The number of hydrogen-bond acceptors (Lipinski definition) is 7. The summed E-state index contributed by atoms with van der Waals surface area (Å²) in [6.45, 7) is 12.1. The number of rotatable bonds is 10. The molecular weight excluding hydrogens is 440 g/mol. The lowest BCUT2D eigenvalue weighted by atomic mass is 10.1. The van der Waals surface area contributed by atoms with Gasteiger partial charge in [-0.3, -0.25) is 4.79 Å². The Labute approximate surface area is 201 Å². The zero-order valence-electron chi connectivity index (χ0n) is 21.2. The summed E-state index contributed by atoms with van der Waals surface area (Å²) in [7, 11) is 0. The Hall–Kier alpha value is -3.10. The monoisotopic (exact) mass is 478 g/mol. The summed E-state index contributed by atoms with van der Waals surface area (Å²) in [6.07, 6.45) is -0.616. The summed E-state index contributed by atoms with van der Waals surface area (Å²) in [4.78, 5) is 49.7. The second-order valence-electron chi connectivity index (χ2n) is 9.89. The van der Waals surface area contributed by atoms with Crippen LogP contribution >= 0.6 is 0 Å². The second kappa shape index (κ2) is 13.0. The number of esters is 2. The molecule has 2 N–H and O–H groups in total. The van der Waals surface area contributed by atoms with Gasteiger partial charge in [0.05, 0.1) is 0 Å². The van der Waals surface area contributed by atoms with Crippen LogP contribution in [0.25, 0.3) is 0 Å². The number of ether oxygens (including phenoxy) is 3. The first-order chi connectivity index (χ1) is 15.7. The molecule has 0 aliphatic carbocycles. The molecule has 0 aliphatic rings. The Bertz CT molecular complexity index is 826. The minimum absolute atomic E-state index is 0.0300.